The molecule has 1 aromatic heterocycles. The van der Waals surface area contributed by atoms with E-state index in [0.717, 1.165) is 25.1 Å². The molecule has 0 radical (unpaired) electrons. The number of nitrogen functional groups attached to an aromatic ring is 1. The number of piperidine rings is 1. The number of likely N-dealkylation sites (tertiary alicyclic amines) is 1. The van der Waals surface area contributed by atoms with Crippen LogP contribution >= 0.6 is 0 Å². The standard InChI is InChI=1S/C14H21N3O2/c1-2-19-13-4-3-7-17(10-13)14(18)8-12-6-5-11(15)9-16-12/h5-6,9,13H,2-4,7-8,10,15H2,1H3. The van der Waals surface area contributed by atoms with Crippen molar-refractivity contribution in [3.63, 3.8) is 0 Å². The number of nitrogens with two attached hydrogens (primary N) is 1. The molecule has 1 fully saturated rings. The largest absolute Gasteiger partial charge is 0.397 e. The maximum Gasteiger partial charge on any atom is 0.228 e. The summed E-state index contributed by atoms with van der Waals surface area (Å²) in [5, 5.41) is 0. The minimum absolute atomic E-state index is 0.113. The van der Waals surface area contributed by atoms with Gasteiger partial charge in [-0.1, -0.05) is 0 Å². The van der Waals surface area contributed by atoms with Crippen LogP contribution in [0, 0.1) is 0 Å². The number of hydrogen-bond acceptors (Lipinski definition) is 4. The van der Waals surface area contributed by atoms with Gasteiger partial charge in [0.1, 0.15) is 0 Å². The van der Waals surface area contributed by atoms with Crippen molar-refractivity contribution in [2.24, 2.45) is 0 Å². The quantitative estimate of drug-likeness (QED) is 0.887. The third-order valence-electron chi connectivity index (χ3n) is 3.31. The summed E-state index contributed by atoms with van der Waals surface area (Å²) in [6.45, 7) is 4.20. The van der Waals surface area contributed by atoms with E-state index in [9.17, 15) is 4.79 Å². The monoisotopic (exact) mass is 263 g/mol. The maximum absolute atomic E-state index is 12.2. The van der Waals surface area contributed by atoms with Gasteiger partial charge in [-0.3, -0.25) is 9.78 Å². The number of rotatable bonds is 4. The van der Waals surface area contributed by atoms with E-state index in [4.69, 9.17) is 10.5 Å². The molecule has 1 atom stereocenters. The molecule has 1 saturated heterocycles. The van der Waals surface area contributed by atoms with Crippen LogP contribution in [0.5, 0.6) is 0 Å². The molecule has 0 aromatic carbocycles. The zero-order valence-corrected chi connectivity index (χ0v) is 11.3. The third kappa shape index (κ3) is 3.92. The summed E-state index contributed by atoms with van der Waals surface area (Å²) < 4.78 is 5.60. The van der Waals surface area contributed by atoms with Crippen molar-refractivity contribution in [3.05, 3.63) is 24.0 Å². The molecule has 0 aliphatic carbocycles. The number of anilines is 1. The van der Waals surface area contributed by atoms with E-state index < -0.39 is 0 Å². The molecule has 1 aromatic rings. The van der Waals surface area contributed by atoms with Gasteiger partial charge in [0.15, 0.2) is 0 Å². The number of amides is 1. The molecule has 2 N–H and O–H groups in total. The predicted octanol–water partition coefficient (Wildman–Crippen LogP) is 1.23. The average Bonchev–Trinajstić information content (AvgIpc) is 2.42. The molecule has 5 nitrogen and oxygen atoms in total. The van der Waals surface area contributed by atoms with Crippen molar-refractivity contribution in [1.82, 2.24) is 9.88 Å². The Hall–Kier alpha value is -1.62. The van der Waals surface area contributed by atoms with Crippen LogP contribution in [0.2, 0.25) is 0 Å². The van der Waals surface area contributed by atoms with Gasteiger partial charge in [0.2, 0.25) is 5.91 Å². The topological polar surface area (TPSA) is 68.5 Å². The molecule has 1 aliphatic rings. The van der Waals surface area contributed by atoms with Crippen LogP contribution in [-0.4, -0.2) is 41.6 Å². The number of carbonyl (C=O) groups is 1. The Bertz CT molecular complexity index is 417. The molecule has 2 heterocycles. The molecule has 5 heteroatoms. The lowest BCUT2D eigenvalue weighted by molar-refractivity contribution is -0.134. The number of nitrogens with zero attached hydrogens (tertiary/aromatic N) is 2. The summed E-state index contributed by atoms with van der Waals surface area (Å²) in [4.78, 5) is 18.2. The van der Waals surface area contributed by atoms with Crippen molar-refractivity contribution in [1.29, 1.82) is 0 Å². The second-order valence-corrected chi connectivity index (χ2v) is 4.82. The van der Waals surface area contributed by atoms with E-state index in [1.807, 2.05) is 11.8 Å². The van der Waals surface area contributed by atoms with Gasteiger partial charge in [0, 0.05) is 25.4 Å². The fourth-order valence-corrected chi connectivity index (χ4v) is 2.34. The van der Waals surface area contributed by atoms with E-state index in [1.54, 1.807) is 18.3 Å². The highest BCUT2D eigenvalue weighted by Crippen LogP contribution is 2.14. The SMILES string of the molecule is CCOC1CCCN(C(=O)Cc2ccc(N)cn2)C1. The third-order valence-corrected chi connectivity index (χ3v) is 3.31. The molecule has 1 aliphatic heterocycles. The van der Waals surface area contributed by atoms with Crippen molar-refractivity contribution >= 4 is 11.6 Å². The molecule has 1 amide bonds. The van der Waals surface area contributed by atoms with E-state index >= 15 is 0 Å². The van der Waals surface area contributed by atoms with Gasteiger partial charge >= 0.3 is 0 Å². The first-order valence-corrected chi connectivity index (χ1v) is 6.79. The summed E-state index contributed by atoms with van der Waals surface area (Å²) in [5.41, 5.74) is 6.96. The van der Waals surface area contributed by atoms with Crippen LogP contribution in [-0.2, 0) is 16.0 Å². The minimum atomic E-state index is 0.113. The Morgan fingerprint density at radius 3 is 3.11 bits per heavy atom. The summed E-state index contributed by atoms with van der Waals surface area (Å²) >= 11 is 0. The van der Waals surface area contributed by atoms with Crippen LogP contribution < -0.4 is 5.73 Å². The van der Waals surface area contributed by atoms with Gasteiger partial charge in [-0.2, -0.15) is 0 Å². The van der Waals surface area contributed by atoms with Gasteiger partial charge in [-0.05, 0) is 31.9 Å². The molecule has 0 bridgehead atoms. The molecule has 104 valence electrons. The number of ether oxygens (including phenoxy) is 1. The predicted molar refractivity (Wildman–Crippen MR) is 73.6 cm³/mol. The van der Waals surface area contributed by atoms with E-state index in [-0.39, 0.29) is 12.0 Å². The van der Waals surface area contributed by atoms with Crippen LogP contribution in [0.15, 0.2) is 18.3 Å². The first kappa shape index (κ1) is 13.8. The Labute approximate surface area is 113 Å². The Kier molecular flexibility index (Phi) is 4.74. The number of hydrogen-bond donors (Lipinski definition) is 1. The fraction of sp³-hybridized carbons (Fsp3) is 0.571. The molecule has 2 rings (SSSR count). The molecular weight excluding hydrogens is 242 g/mol. The lowest BCUT2D eigenvalue weighted by Gasteiger charge is -2.32. The van der Waals surface area contributed by atoms with Gasteiger partial charge in [0.25, 0.3) is 0 Å². The number of aromatic nitrogens is 1. The molecule has 0 spiro atoms. The molecule has 19 heavy (non-hydrogen) atoms. The Balaban J connectivity index is 1.90. The number of pyridine rings is 1. The Morgan fingerprint density at radius 1 is 1.58 bits per heavy atom. The van der Waals surface area contributed by atoms with Gasteiger partial charge in [0.05, 0.1) is 24.4 Å². The smallest absolute Gasteiger partial charge is 0.228 e. The van der Waals surface area contributed by atoms with Crippen molar-refractivity contribution in [2.45, 2.75) is 32.3 Å². The van der Waals surface area contributed by atoms with E-state index in [0.29, 0.717) is 25.3 Å². The van der Waals surface area contributed by atoms with E-state index in [2.05, 4.69) is 4.98 Å². The summed E-state index contributed by atoms with van der Waals surface area (Å²) in [6, 6.07) is 3.58. The Morgan fingerprint density at radius 2 is 2.42 bits per heavy atom. The summed E-state index contributed by atoms with van der Waals surface area (Å²) in [6.07, 6.45) is 4.15. The number of carbonyl (C=O) groups excluding carboxylic acids is 1. The van der Waals surface area contributed by atoms with Crippen LogP contribution in [0.4, 0.5) is 5.69 Å². The first-order valence-electron chi connectivity index (χ1n) is 6.79. The lowest BCUT2D eigenvalue weighted by atomic mass is 10.1. The minimum Gasteiger partial charge on any atom is -0.397 e. The van der Waals surface area contributed by atoms with Gasteiger partial charge in [-0.25, -0.2) is 0 Å². The summed E-state index contributed by atoms with van der Waals surface area (Å²) in [7, 11) is 0. The zero-order chi connectivity index (χ0) is 13.7. The first-order chi connectivity index (χ1) is 9.19. The van der Waals surface area contributed by atoms with Crippen LogP contribution in [0.1, 0.15) is 25.5 Å². The van der Waals surface area contributed by atoms with Crippen LogP contribution in [0.25, 0.3) is 0 Å². The second-order valence-electron chi connectivity index (χ2n) is 4.82. The summed E-state index contributed by atoms with van der Waals surface area (Å²) in [5.74, 6) is 0.113. The molecule has 0 saturated carbocycles. The van der Waals surface area contributed by atoms with E-state index in [1.165, 1.54) is 0 Å². The van der Waals surface area contributed by atoms with Gasteiger partial charge in [-0.15, -0.1) is 0 Å². The lowest BCUT2D eigenvalue weighted by Crippen LogP contribution is -2.43. The second kappa shape index (κ2) is 6.52. The molecule has 1 unspecified atom stereocenters. The van der Waals surface area contributed by atoms with Crippen molar-refractivity contribution in [3.8, 4) is 0 Å². The highest BCUT2D eigenvalue weighted by molar-refractivity contribution is 5.78. The van der Waals surface area contributed by atoms with Crippen molar-refractivity contribution in [2.75, 3.05) is 25.4 Å². The normalized spacial score (nSPS) is 19.4. The molecular formula is C14H21N3O2. The highest BCUT2D eigenvalue weighted by atomic mass is 16.5. The van der Waals surface area contributed by atoms with Crippen molar-refractivity contribution < 1.29 is 9.53 Å². The maximum atomic E-state index is 12.2. The van der Waals surface area contributed by atoms with Crippen LogP contribution in [0.3, 0.4) is 0 Å². The highest BCUT2D eigenvalue weighted by Gasteiger charge is 2.23. The fourth-order valence-electron chi connectivity index (χ4n) is 2.34. The van der Waals surface area contributed by atoms with Gasteiger partial charge < -0.3 is 15.4 Å². The zero-order valence-electron chi connectivity index (χ0n) is 11.3. The average molecular weight is 263 g/mol.